The van der Waals surface area contributed by atoms with Crippen molar-refractivity contribution in [1.29, 1.82) is 0 Å². The number of aliphatic hydroxyl groups is 1. The van der Waals surface area contributed by atoms with Gasteiger partial charge in [0.1, 0.15) is 4.88 Å². The number of amides is 1. The molecule has 19 heavy (non-hydrogen) atoms. The van der Waals surface area contributed by atoms with Crippen molar-refractivity contribution in [3.63, 3.8) is 0 Å². The molecule has 0 bridgehead atoms. The van der Waals surface area contributed by atoms with Crippen molar-refractivity contribution in [2.75, 3.05) is 18.9 Å². The summed E-state index contributed by atoms with van der Waals surface area (Å²) in [5.74, 6) is -0.0738. The zero-order valence-corrected chi connectivity index (χ0v) is 11.2. The third-order valence-electron chi connectivity index (χ3n) is 3.31. The Hall–Kier alpha value is -1.66. The van der Waals surface area contributed by atoms with E-state index in [2.05, 4.69) is 4.98 Å². The van der Waals surface area contributed by atoms with E-state index in [1.165, 1.54) is 11.3 Å². The fourth-order valence-corrected chi connectivity index (χ4v) is 3.25. The number of carbonyl (C=O) groups excluding carboxylic acids is 1. The summed E-state index contributed by atoms with van der Waals surface area (Å²) in [6.07, 6.45) is 5.42. The lowest BCUT2D eigenvalue weighted by Crippen LogP contribution is -2.35. The van der Waals surface area contributed by atoms with Crippen molar-refractivity contribution in [1.82, 2.24) is 9.88 Å². The maximum atomic E-state index is 12.5. The summed E-state index contributed by atoms with van der Waals surface area (Å²) in [6.45, 7) is 0.351. The lowest BCUT2D eigenvalue weighted by molar-refractivity contribution is 0.0713. The Morgan fingerprint density at radius 2 is 2.37 bits per heavy atom. The van der Waals surface area contributed by atoms with Crippen LogP contribution in [-0.4, -0.2) is 40.1 Å². The van der Waals surface area contributed by atoms with Crippen LogP contribution < -0.4 is 5.73 Å². The second kappa shape index (κ2) is 4.79. The van der Waals surface area contributed by atoms with Crippen LogP contribution in [0.2, 0.25) is 0 Å². The number of pyridine rings is 1. The van der Waals surface area contributed by atoms with Gasteiger partial charge in [-0.15, -0.1) is 11.3 Å². The summed E-state index contributed by atoms with van der Waals surface area (Å²) in [5, 5.41) is 9.96. The fourth-order valence-electron chi connectivity index (χ4n) is 2.20. The van der Waals surface area contributed by atoms with Gasteiger partial charge in [0, 0.05) is 30.4 Å². The molecule has 0 aromatic carbocycles. The molecule has 1 amide bonds. The molecule has 0 radical (unpaired) electrons. The van der Waals surface area contributed by atoms with Gasteiger partial charge in [0.25, 0.3) is 5.91 Å². The third kappa shape index (κ3) is 2.17. The molecular formula is C13H15N3O2S. The summed E-state index contributed by atoms with van der Waals surface area (Å²) in [5.41, 5.74) is 6.59. The maximum Gasteiger partial charge on any atom is 0.266 e. The summed E-state index contributed by atoms with van der Waals surface area (Å²) >= 11 is 1.37. The Morgan fingerprint density at radius 3 is 3.00 bits per heavy atom. The van der Waals surface area contributed by atoms with E-state index in [1.54, 1.807) is 17.3 Å². The first-order chi connectivity index (χ1) is 9.22. The molecule has 0 saturated heterocycles. The molecule has 0 unspecified atom stereocenters. The number of hydrogen-bond acceptors (Lipinski definition) is 5. The monoisotopic (exact) mass is 277 g/mol. The number of fused-ring (bicyclic) bond motifs is 1. The number of nitrogens with two attached hydrogens (primary N) is 1. The van der Waals surface area contributed by atoms with Gasteiger partial charge in [0.15, 0.2) is 0 Å². The minimum atomic E-state index is -0.0738. The summed E-state index contributed by atoms with van der Waals surface area (Å²) in [7, 11) is 0. The normalized spacial score (nSPS) is 14.8. The van der Waals surface area contributed by atoms with Crippen molar-refractivity contribution in [2.45, 2.75) is 18.9 Å². The van der Waals surface area contributed by atoms with E-state index >= 15 is 0 Å². The Morgan fingerprint density at radius 1 is 1.58 bits per heavy atom. The van der Waals surface area contributed by atoms with Crippen LogP contribution in [0.3, 0.4) is 0 Å². The van der Waals surface area contributed by atoms with Gasteiger partial charge in [-0.05, 0) is 18.9 Å². The molecule has 1 aliphatic rings. The molecule has 3 rings (SSSR count). The molecule has 2 aromatic heterocycles. The van der Waals surface area contributed by atoms with E-state index in [9.17, 15) is 4.79 Å². The molecule has 100 valence electrons. The number of aromatic nitrogens is 1. The Balaban J connectivity index is 1.98. The van der Waals surface area contributed by atoms with Crippen LogP contribution in [0.5, 0.6) is 0 Å². The molecule has 2 aromatic rings. The van der Waals surface area contributed by atoms with E-state index in [4.69, 9.17) is 10.8 Å². The number of thiophene rings is 1. The van der Waals surface area contributed by atoms with Crippen LogP contribution in [-0.2, 0) is 0 Å². The Kier molecular flexibility index (Phi) is 3.12. The number of rotatable bonds is 4. The molecule has 6 heteroatoms. The molecule has 0 atom stereocenters. The van der Waals surface area contributed by atoms with Crippen LogP contribution in [0.15, 0.2) is 18.5 Å². The van der Waals surface area contributed by atoms with Crippen LogP contribution >= 0.6 is 11.3 Å². The topological polar surface area (TPSA) is 79.5 Å². The smallest absolute Gasteiger partial charge is 0.266 e. The first-order valence-corrected chi connectivity index (χ1v) is 7.08. The van der Waals surface area contributed by atoms with Gasteiger partial charge < -0.3 is 15.7 Å². The average molecular weight is 277 g/mol. The number of carbonyl (C=O) groups is 1. The van der Waals surface area contributed by atoms with Gasteiger partial charge in [-0.25, -0.2) is 0 Å². The maximum absolute atomic E-state index is 12.5. The van der Waals surface area contributed by atoms with Crippen molar-refractivity contribution >= 4 is 33.0 Å². The third-order valence-corrected chi connectivity index (χ3v) is 4.46. The predicted octanol–water partition coefficient (Wildman–Crippen LogP) is 1.48. The van der Waals surface area contributed by atoms with Gasteiger partial charge in [0.05, 0.1) is 17.0 Å². The van der Waals surface area contributed by atoms with Crippen LogP contribution in [0.4, 0.5) is 5.69 Å². The number of nitrogen functional groups attached to an aromatic ring is 1. The highest BCUT2D eigenvalue weighted by Gasteiger charge is 2.34. The zero-order valence-electron chi connectivity index (χ0n) is 10.4. The molecule has 0 aliphatic heterocycles. The zero-order chi connectivity index (χ0) is 13.4. The van der Waals surface area contributed by atoms with Gasteiger partial charge in [-0.3, -0.25) is 9.78 Å². The molecule has 3 N–H and O–H groups in total. The van der Waals surface area contributed by atoms with E-state index in [0.717, 1.165) is 22.9 Å². The van der Waals surface area contributed by atoms with Crippen LogP contribution in [0.1, 0.15) is 22.5 Å². The standard InChI is InChI=1S/C13H15N3O2S/c14-11-9-3-4-15-7-10(9)19-12(11)13(18)16(5-6-17)8-1-2-8/h3-4,7-8,17H,1-2,5-6,14H2. The van der Waals surface area contributed by atoms with Gasteiger partial charge >= 0.3 is 0 Å². The van der Waals surface area contributed by atoms with Crippen molar-refractivity contribution in [3.8, 4) is 0 Å². The highest BCUT2D eigenvalue weighted by molar-refractivity contribution is 7.21. The summed E-state index contributed by atoms with van der Waals surface area (Å²) in [4.78, 5) is 18.9. The predicted molar refractivity (Wildman–Crippen MR) is 75.2 cm³/mol. The first-order valence-electron chi connectivity index (χ1n) is 6.26. The van der Waals surface area contributed by atoms with E-state index < -0.39 is 0 Å². The van der Waals surface area contributed by atoms with Crippen molar-refractivity contribution in [3.05, 3.63) is 23.3 Å². The quantitative estimate of drug-likeness (QED) is 0.887. The molecule has 1 fully saturated rings. The highest BCUT2D eigenvalue weighted by atomic mass is 32.1. The minimum absolute atomic E-state index is 0.0193. The molecule has 1 saturated carbocycles. The molecule has 5 nitrogen and oxygen atoms in total. The van der Waals surface area contributed by atoms with Gasteiger partial charge in [0.2, 0.25) is 0 Å². The van der Waals surface area contributed by atoms with E-state index in [1.807, 2.05) is 6.07 Å². The second-order valence-corrected chi connectivity index (χ2v) is 5.72. The highest BCUT2D eigenvalue weighted by Crippen LogP contribution is 2.36. The van der Waals surface area contributed by atoms with Crippen molar-refractivity contribution < 1.29 is 9.90 Å². The number of hydrogen-bond donors (Lipinski definition) is 2. The Labute approximate surface area is 114 Å². The minimum Gasteiger partial charge on any atom is -0.397 e. The van der Waals surface area contributed by atoms with E-state index in [0.29, 0.717) is 17.1 Å². The van der Waals surface area contributed by atoms with E-state index in [-0.39, 0.29) is 18.6 Å². The molecule has 2 heterocycles. The number of nitrogens with zero attached hydrogens (tertiary/aromatic N) is 2. The van der Waals surface area contributed by atoms with Crippen LogP contribution in [0, 0.1) is 0 Å². The largest absolute Gasteiger partial charge is 0.397 e. The lowest BCUT2D eigenvalue weighted by atomic mass is 10.2. The van der Waals surface area contributed by atoms with Crippen LogP contribution in [0.25, 0.3) is 10.1 Å². The summed E-state index contributed by atoms with van der Waals surface area (Å²) < 4.78 is 0.920. The first kappa shape index (κ1) is 12.4. The fraction of sp³-hybridized carbons (Fsp3) is 0.385. The molecule has 1 aliphatic carbocycles. The average Bonchev–Trinajstić information content (AvgIpc) is 3.21. The summed E-state index contributed by atoms with van der Waals surface area (Å²) in [6, 6.07) is 2.09. The SMILES string of the molecule is Nc1c(C(=O)N(CCO)C2CC2)sc2cnccc12. The van der Waals surface area contributed by atoms with Gasteiger partial charge in [-0.2, -0.15) is 0 Å². The lowest BCUT2D eigenvalue weighted by Gasteiger charge is -2.20. The van der Waals surface area contributed by atoms with Crippen molar-refractivity contribution in [2.24, 2.45) is 0 Å². The molecular weight excluding hydrogens is 262 g/mol. The second-order valence-electron chi connectivity index (χ2n) is 4.67. The molecule has 0 spiro atoms. The number of aliphatic hydroxyl groups excluding tert-OH is 1. The number of anilines is 1. The Bertz CT molecular complexity index is 621. The van der Waals surface area contributed by atoms with Gasteiger partial charge in [-0.1, -0.05) is 0 Å².